The van der Waals surface area contributed by atoms with Crippen molar-refractivity contribution >= 4 is 11.3 Å². The van der Waals surface area contributed by atoms with Crippen LogP contribution in [-0.4, -0.2) is 6.04 Å². The third-order valence-corrected chi connectivity index (χ3v) is 4.52. The van der Waals surface area contributed by atoms with Gasteiger partial charge < -0.3 is 5.73 Å². The Bertz CT molecular complexity index is 367. The molecule has 88 valence electrons. The van der Waals surface area contributed by atoms with Gasteiger partial charge in [-0.15, -0.1) is 17.9 Å². The van der Waals surface area contributed by atoms with Crippen molar-refractivity contribution in [3.63, 3.8) is 0 Å². The molecule has 1 aliphatic carbocycles. The highest BCUT2D eigenvalue weighted by Crippen LogP contribution is 2.37. The van der Waals surface area contributed by atoms with Crippen LogP contribution < -0.4 is 5.73 Å². The maximum absolute atomic E-state index is 6.33. The van der Waals surface area contributed by atoms with E-state index in [2.05, 4.69) is 24.9 Å². The number of fused-ring (bicyclic) bond motifs is 1. The highest BCUT2D eigenvalue weighted by Gasteiger charge is 2.25. The molecule has 2 rings (SSSR count). The first-order chi connectivity index (χ1) is 7.68. The number of rotatable bonds is 4. The molecule has 2 atom stereocenters. The summed E-state index contributed by atoms with van der Waals surface area (Å²) in [5.74, 6) is 0.592. The molecule has 0 aliphatic heterocycles. The minimum absolute atomic E-state index is 0.311. The number of nitrogens with two attached hydrogens (primary N) is 1. The van der Waals surface area contributed by atoms with Crippen molar-refractivity contribution in [2.45, 2.75) is 51.0 Å². The largest absolute Gasteiger partial charge is 0.327 e. The van der Waals surface area contributed by atoms with Gasteiger partial charge in [0.05, 0.1) is 0 Å². The fourth-order valence-corrected chi connectivity index (χ4v) is 3.58. The SMILES string of the molecule is C=C(C)CCC(N)C1CCCc2sccc21. The minimum atomic E-state index is 0.311. The summed E-state index contributed by atoms with van der Waals surface area (Å²) in [5.41, 5.74) is 9.11. The molecule has 0 bridgehead atoms. The number of hydrogen-bond donors (Lipinski definition) is 1. The average Bonchev–Trinajstić information content (AvgIpc) is 2.73. The van der Waals surface area contributed by atoms with Crippen LogP contribution in [0.15, 0.2) is 23.6 Å². The molecule has 0 fully saturated rings. The van der Waals surface area contributed by atoms with Gasteiger partial charge in [0, 0.05) is 16.8 Å². The lowest BCUT2D eigenvalue weighted by Crippen LogP contribution is -2.30. The molecule has 2 unspecified atom stereocenters. The fourth-order valence-electron chi connectivity index (χ4n) is 2.58. The van der Waals surface area contributed by atoms with Crippen LogP contribution in [0.5, 0.6) is 0 Å². The summed E-state index contributed by atoms with van der Waals surface area (Å²) in [6.45, 7) is 6.04. The number of aryl methyl sites for hydroxylation is 1. The molecule has 1 aromatic heterocycles. The third-order valence-electron chi connectivity index (χ3n) is 3.52. The van der Waals surface area contributed by atoms with Gasteiger partial charge in [-0.2, -0.15) is 0 Å². The molecule has 1 nitrogen and oxygen atoms in total. The van der Waals surface area contributed by atoms with Gasteiger partial charge in [-0.25, -0.2) is 0 Å². The highest BCUT2D eigenvalue weighted by molar-refractivity contribution is 7.10. The van der Waals surface area contributed by atoms with Gasteiger partial charge in [-0.3, -0.25) is 0 Å². The predicted octanol–water partition coefficient (Wildman–Crippen LogP) is 3.85. The topological polar surface area (TPSA) is 26.0 Å². The fraction of sp³-hybridized carbons (Fsp3) is 0.571. The number of hydrogen-bond acceptors (Lipinski definition) is 2. The van der Waals surface area contributed by atoms with Crippen LogP contribution in [0.25, 0.3) is 0 Å². The van der Waals surface area contributed by atoms with E-state index in [0.29, 0.717) is 12.0 Å². The summed E-state index contributed by atoms with van der Waals surface area (Å²) < 4.78 is 0. The monoisotopic (exact) mass is 235 g/mol. The second kappa shape index (κ2) is 5.15. The smallest absolute Gasteiger partial charge is 0.0111 e. The van der Waals surface area contributed by atoms with E-state index in [0.717, 1.165) is 12.8 Å². The normalized spacial score (nSPS) is 21.5. The van der Waals surface area contributed by atoms with Gasteiger partial charge in [-0.1, -0.05) is 5.57 Å². The average molecular weight is 235 g/mol. The maximum atomic E-state index is 6.33. The van der Waals surface area contributed by atoms with Crippen LogP contribution in [-0.2, 0) is 6.42 Å². The minimum Gasteiger partial charge on any atom is -0.327 e. The summed E-state index contributed by atoms with van der Waals surface area (Å²) in [6, 6.07) is 2.59. The first kappa shape index (κ1) is 11.9. The molecule has 2 N–H and O–H groups in total. The maximum Gasteiger partial charge on any atom is 0.0111 e. The van der Waals surface area contributed by atoms with Gasteiger partial charge in [0.2, 0.25) is 0 Å². The molecule has 0 saturated heterocycles. The lowest BCUT2D eigenvalue weighted by molar-refractivity contribution is 0.445. The summed E-state index contributed by atoms with van der Waals surface area (Å²) in [5, 5.41) is 2.22. The van der Waals surface area contributed by atoms with Crippen LogP contribution in [0.2, 0.25) is 0 Å². The Morgan fingerprint density at radius 1 is 1.69 bits per heavy atom. The van der Waals surface area contributed by atoms with E-state index in [1.807, 2.05) is 11.3 Å². The summed E-state index contributed by atoms with van der Waals surface area (Å²) in [7, 11) is 0. The van der Waals surface area contributed by atoms with Crippen LogP contribution in [0.3, 0.4) is 0 Å². The van der Waals surface area contributed by atoms with E-state index >= 15 is 0 Å². The standard InChI is InChI=1S/C14H21NS/c1-10(2)6-7-13(15)11-4-3-5-14-12(11)8-9-16-14/h8-9,11,13H,1,3-7,15H2,2H3. The Balaban J connectivity index is 2.03. The highest BCUT2D eigenvalue weighted by atomic mass is 32.1. The predicted molar refractivity (Wildman–Crippen MR) is 72.0 cm³/mol. The van der Waals surface area contributed by atoms with Crippen LogP contribution in [0, 0.1) is 0 Å². The Hall–Kier alpha value is -0.600. The molecule has 1 heterocycles. The van der Waals surface area contributed by atoms with E-state index in [1.54, 1.807) is 4.88 Å². The zero-order chi connectivity index (χ0) is 11.5. The second-order valence-corrected chi connectivity index (χ2v) is 5.96. The van der Waals surface area contributed by atoms with E-state index in [-0.39, 0.29) is 0 Å². The van der Waals surface area contributed by atoms with E-state index in [9.17, 15) is 0 Å². The molecule has 1 aromatic rings. The first-order valence-electron chi connectivity index (χ1n) is 6.14. The van der Waals surface area contributed by atoms with Crippen LogP contribution in [0.4, 0.5) is 0 Å². The molecule has 0 radical (unpaired) electrons. The van der Waals surface area contributed by atoms with E-state index < -0.39 is 0 Å². The second-order valence-electron chi connectivity index (χ2n) is 4.96. The van der Waals surface area contributed by atoms with Crippen LogP contribution >= 0.6 is 11.3 Å². The molecule has 0 amide bonds. The zero-order valence-corrected chi connectivity index (χ0v) is 10.9. The lowest BCUT2D eigenvalue weighted by Gasteiger charge is -2.28. The Morgan fingerprint density at radius 3 is 3.25 bits per heavy atom. The molecule has 1 aliphatic rings. The van der Waals surface area contributed by atoms with Crippen molar-refractivity contribution in [2.75, 3.05) is 0 Å². The third kappa shape index (κ3) is 2.55. The molecule has 0 spiro atoms. The van der Waals surface area contributed by atoms with Gasteiger partial charge >= 0.3 is 0 Å². The van der Waals surface area contributed by atoms with Crippen molar-refractivity contribution in [3.05, 3.63) is 34.0 Å². The van der Waals surface area contributed by atoms with Crippen molar-refractivity contribution in [2.24, 2.45) is 5.73 Å². The molecule has 16 heavy (non-hydrogen) atoms. The van der Waals surface area contributed by atoms with Gasteiger partial charge in [0.15, 0.2) is 0 Å². The molecule has 0 aromatic carbocycles. The van der Waals surface area contributed by atoms with Gasteiger partial charge in [0.1, 0.15) is 0 Å². The quantitative estimate of drug-likeness (QED) is 0.788. The summed E-state index contributed by atoms with van der Waals surface area (Å²) in [4.78, 5) is 1.57. The molecule has 2 heteroatoms. The van der Waals surface area contributed by atoms with E-state index in [4.69, 9.17) is 5.73 Å². The molecule has 0 saturated carbocycles. The molecular weight excluding hydrogens is 214 g/mol. The Morgan fingerprint density at radius 2 is 2.50 bits per heavy atom. The van der Waals surface area contributed by atoms with Crippen molar-refractivity contribution in [3.8, 4) is 0 Å². The number of thiophene rings is 1. The van der Waals surface area contributed by atoms with Gasteiger partial charge in [-0.05, 0) is 56.0 Å². The van der Waals surface area contributed by atoms with E-state index in [1.165, 1.54) is 30.4 Å². The Kier molecular flexibility index (Phi) is 3.82. The van der Waals surface area contributed by atoms with Crippen LogP contribution in [0.1, 0.15) is 49.0 Å². The first-order valence-corrected chi connectivity index (χ1v) is 7.02. The summed E-state index contributed by atoms with van der Waals surface area (Å²) in [6.07, 6.45) is 5.98. The zero-order valence-electron chi connectivity index (χ0n) is 10.0. The summed E-state index contributed by atoms with van der Waals surface area (Å²) >= 11 is 1.90. The van der Waals surface area contributed by atoms with Crippen molar-refractivity contribution < 1.29 is 0 Å². The van der Waals surface area contributed by atoms with Gasteiger partial charge in [0.25, 0.3) is 0 Å². The molecular formula is C14H21NS. The lowest BCUT2D eigenvalue weighted by atomic mass is 9.81. The Labute approximate surface area is 102 Å². The number of allylic oxidation sites excluding steroid dienone is 1. The van der Waals surface area contributed by atoms with Crippen molar-refractivity contribution in [1.29, 1.82) is 0 Å². The van der Waals surface area contributed by atoms with Crippen molar-refractivity contribution in [1.82, 2.24) is 0 Å².